The Kier molecular flexibility index (Phi) is 13.1. The van der Waals surface area contributed by atoms with E-state index in [0.717, 1.165) is 52.0 Å². The van der Waals surface area contributed by atoms with Gasteiger partial charge in [0.1, 0.15) is 5.82 Å². The Hall–Kier alpha value is -2.71. The zero-order valence-electron chi connectivity index (χ0n) is 20.6. The minimum atomic E-state index is 0. The minimum absolute atomic E-state index is 0. The fraction of sp³-hybridized carbons (Fsp3) is 0.143. The number of hydrogen-bond donors (Lipinski definition) is 3. The Morgan fingerprint density at radius 3 is 2.38 bits per heavy atom. The molecule has 0 aliphatic heterocycles. The molecule has 0 atom stereocenters. The SMILES string of the molecule is Cl.Cl.O=c1cc(NCCCNCc2cc(Cl)cc(Cl)c2Cl)[nH]c2ccccc12.[O-][n+]1cccc2ccccc21. The van der Waals surface area contributed by atoms with Gasteiger partial charge >= 0.3 is 0 Å². The van der Waals surface area contributed by atoms with E-state index in [2.05, 4.69) is 15.6 Å². The fourth-order valence-corrected chi connectivity index (χ4v) is 4.54. The molecule has 206 valence electrons. The van der Waals surface area contributed by atoms with Crippen molar-refractivity contribution in [1.29, 1.82) is 0 Å². The minimum Gasteiger partial charge on any atom is -0.618 e. The molecule has 3 aromatic carbocycles. The van der Waals surface area contributed by atoms with Crippen LogP contribution in [0.5, 0.6) is 0 Å². The van der Waals surface area contributed by atoms with Crippen LogP contribution in [0, 0.1) is 5.21 Å². The van der Waals surface area contributed by atoms with Crippen molar-refractivity contribution in [2.75, 3.05) is 18.4 Å². The topological polar surface area (TPSA) is 83.9 Å². The van der Waals surface area contributed by atoms with Crippen molar-refractivity contribution in [2.45, 2.75) is 13.0 Å². The van der Waals surface area contributed by atoms with Crippen molar-refractivity contribution in [3.8, 4) is 0 Å². The first kappa shape index (κ1) is 32.5. The number of para-hydroxylation sites is 2. The van der Waals surface area contributed by atoms with Crippen LogP contribution in [0.25, 0.3) is 21.8 Å². The first-order valence-electron chi connectivity index (χ1n) is 11.7. The lowest BCUT2D eigenvalue weighted by Crippen LogP contribution is -2.25. The predicted molar refractivity (Wildman–Crippen MR) is 168 cm³/mol. The standard InChI is InChI=1S/C19H18Cl3N3O.C9H7NO.2ClH/c20-13-8-12(19(22)15(21)9-13)11-23-6-3-7-24-18-10-17(26)14-4-1-2-5-16(14)25-18;11-10-7-3-5-8-4-1-2-6-9(8)10;;/h1-2,4-5,8-10,23H,3,6-7,11H2,(H2,24,25,26);1-7H;2*1H. The molecule has 0 bridgehead atoms. The Balaban J connectivity index is 0.000000344. The average Bonchev–Trinajstić information content (AvgIpc) is 2.89. The molecule has 5 aromatic rings. The van der Waals surface area contributed by atoms with Crippen molar-refractivity contribution in [1.82, 2.24) is 10.3 Å². The molecule has 0 saturated heterocycles. The van der Waals surface area contributed by atoms with Gasteiger partial charge in [-0.05, 0) is 54.9 Å². The number of halogens is 5. The van der Waals surface area contributed by atoms with Gasteiger partial charge in [0.05, 0.1) is 15.6 Å². The highest BCUT2D eigenvalue weighted by atomic mass is 35.5. The van der Waals surface area contributed by atoms with E-state index in [0.29, 0.717) is 27.0 Å². The van der Waals surface area contributed by atoms with E-state index in [9.17, 15) is 10.0 Å². The Morgan fingerprint density at radius 2 is 1.59 bits per heavy atom. The highest BCUT2D eigenvalue weighted by Crippen LogP contribution is 2.29. The van der Waals surface area contributed by atoms with Crippen LogP contribution < -0.4 is 20.8 Å². The van der Waals surface area contributed by atoms with E-state index < -0.39 is 0 Å². The van der Waals surface area contributed by atoms with Gasteiger partial charge in [0.2, 0.25) is 5.52 Å². The molecule has 6 nitrogen and oxygen atoms in total. The molecule has 0 aliphatic rings. The number of H-pyrrole nitrogens is 1. The molecular weight excluding hydrogens is 602 g/mol. The van der Waals surface area contributed by atoms with Crippen LogP contribution >= 0.6 is 59.6 Å². The van der Waals surface area contributed by atoms with Gasteiger partial charge < -0.3 is 20.8 Å². The first-order valence-corrected chi connectivity index (χ1v) is 12.8. The molecule has 0 fully saturated rings. The molecule has 5 rings (SSSR count). The highest BCUT2D eigenvalue weighted by molar-refractivity contribution is 6.43. The normalized spacial score (nSPS) is 10.2. The van der Waals surface area contributed by atoms with Crippen molar-refractivity contribution in [3.63, 3.8) is 0 Å². The van der Waals surface area contributed by atoms with Crippen LogP contribution in [-0.2, 0) is 6.54 Å². The summed E-state index contributed by atoms with van der Waals surface area (Å²) in [5, 5.41) is 20.9. The molecule has 3 N–H and O–H groups in total. The predicted octanol–water partition coefficient (Wildman–Crippen LogP) is 7.40. The molecule has 2 aromatic heterocycles. The van der Waals surface area contributed by atoms with E-state index in [1.54, 1.807) is 24.3 Å². The summed E-state index contributed by atoms with van der Waals surface area (Å²) >= 11 is 18.2. The fourth-order valence-electron chi connectivity index (χ4n) is 3.82. The third kappa shape index (κ3) is 8.90. The summed E-state index contributed by atoms with van der Waals surface area (Å²) in [4.78, 5) is 15.3. The van der Waals surface area contributed by atoms with Crippen LogP contribution in [0.3, 0.4) is 0 Å². The molecule has 0 radical (unpaired) electrons. The van der Waals surface area contributed by atoms with Crippen molar-refractivity contribution < 1.29 is 4.73 Å². The molecule has 0 amide bonds. The number of rotatable bonds is 7. The van der Waals surface area contributed by atoms with Crippen molar-refractivity contribution >= 4 is 87.2 Å². The lowest BCUT2D eigenvalue weighted by Gasteiger charge is -2.10. The molecule has 0 spiro atoms. The van der Waals surface area contributed by atoms with Gasteiger partial charge in [0.25, 0.3) is 0 Å². The quantitative estimate of drug-likeness (QED) is 0.0759. The third-order valence-corrected chi connectivity index (χ3v) is 6.70. The summed E-state index contributed by atoms with van der Waals surface area (Å²) < 4.78 is 0.870. The van der Waals surface area contributed by atoms with Crippen LogP contribution in [-0.4, -0.2) is 18.1 Å². The lowest BCUT2D eigenvalue weighted by atomic mass is 10.2. The van der Waals surface area contributed by atoms with Gasteiger partial charge in [-0.3, -0.25) is 4.79 Å². The number of nitrogens with zero attached hydrogens (tertiary/aromatic N) is 1. The van der Waals surface area contributed by atoms with Crippen LogP contribution in [0.2, 0.25) is 15.1 Å². The number of fused-ring (bicyclic) bond motifs is 2. The van der Waals surface area contributed by atoms with Gasteiger partial charge in [-0.2, -0.15) is 4.73 Å². The Morgan fingerprint density at radius 1 is 0.872 bits per heavy atom. The number of benzene rings is 3. The van der Waals surface area contributed by atoms with Gasteiger partial charge in [0.15, 0.2) is 11.6 Å². The zero-order chi connectivity index (χ0) is 26.2. The van der Waals surface area contributed by atoms with Crippen molar-refractivity contribution in [2.24, 2.45) is 0 Å². The number of nitrogens with one attached hydrogen (secondary N) is 3. The van der Waals surface area contributed by atoms with Gasteiger partial charge in [-0.25, -0.2) is 0 Å². The highest BCUT2D eigenvalue weighted by Gasteiger charge is 2.07. The van der Waals surface area contributed by atoms with E-state index in [4.69, 9.17) is 34.8 Å². The van der Waals surface area contributed by atoms with E-state index >= 15 is 0 Å². The smallest absolute Gasteiger partial charge is 0.223 e. The lowest BCUT2D eigenvalue weighted by molar-refractivity contribution is -0.577. The van der Waals surface area contributed by atoms with E-state index in [1.807, 2.05) is 54.6 Å². The summed E-state index contributed by atoms with van der Waals surface area (Å²) in [5.74, 6) is 0.721. The number of aromatic amines is 1. The summed E-state index contributed by atoms with van der Waals surface area (Å²) in [7, 11) is 0. The monoisotopic (exact) mass is 626 g/mol. The number of anilines is 1. The molecule has 39 heavy (non-hydrogen) atoms. The summed E-state index contributed by atoms with van der Waals surface area (Å²) in [5.41, 5.74) is 2.42. The average molecular weight is 629 g/mol. The molecule has 0 unspecified atom stereocenters. The van der Waals surface area contributed by atoms with E-state index in [1.165, 1.54) is 6.20 Å². The maximum atomic E-state index is 12.1. The summed E-state index contributed by atoms with van der Waals surface area (Å²) in [6, 6.07) is 23.7. The second kappa shape index (κ2) is 15.8. The van der Waals surface area contributed by atoms with Crippen LogP contribution in [0.4, 0.5) is 5.82 Å². The second-order valence-electron chi connectivity index (χ2n) is 8.30. The number of aromatic nitrogens is 2. The summed E-state index contributed by atoms with van der Waals surface area (Å²) in [6.45, 7) is 2.10. The zero-order valence-corrected chi connectivity index (χ0v) is 24.5. The van der Waals surface area contributed by atoms with Crippen molar-refractivity contribution in [3.05, 3.63) is 121 Å². The molecule has 0 aliphatic carbocycles. The maximum Gasteiger partial charge on any atom is 0.223 e. The summed E-state index contributed by atoms with van der Waals surface area (Å²) in [6.07, 6.45) is 2.38. The Bertz CT molecular complexity index is 1570. The molecule has 0 saturated carbocycles. The number of pyridine rings is 2. The first-order chi connectivity index (χ1) is 17.9. The van der Waals surface area contributed by atoms with Gasteiger partial charge in [0, 0.05) is 47.1 Å². The molecule has 11 heteroatoms. The maximum absolute atomic E-state index is 12.1. The van der Waals surface area contributed by atoms with Gasteiger partial charge in [-0.15, -0.1) is 24.8 Å². The molecular formula is C28H27Cl5N4O2. The van der Waals surface area contributed by atoms with E-state index in [-0.39, 0.29) is 30.2 Å². The van der Waals surface area contributed by atoms with Gasteiger partial charge in [-0.1, -0.05) is 59.1 Å². The third-order valence-electron chi connectivity index (χ3n) is 5.64. The van der Waals surface area contributed by atoms with Crippen LogP contribution in [0.1, 0.15) is 12.0 Å². The largest absolute Gasteiger partial charge is 0.618 e. The second-order valence-corrected chi connectivity index (χ2v) is 9.53. The number of hydrogen-bond acceptors (Lipinski definition) is 4. The molecule has 2 heterocycles. The Labute approximate surface area is 253 Å². The van der Waals surface area contributed by atoms with Crippen LogP contribution in [0.15, 0.2) is 89.9 Å².